The van der Waals surface area contributed by atoms with Gasteiger partial charge in [0.25, 0.3) is 0 Å². The van der Waals surface area contributed by atoms with Crippen LogP contribution in [-0.4, -0.2) is 42.2 Å². The summed E-state index contributed by atoms with van der Waals surface area (Å²) in [5.41, 5.74) is 3.36. The lowest BCUT2D eigenvalue weighted by Crippen LogP contribution is -2.42. The molecule has 0 saturated heterocycles. The number of amides is 1. The first-order valence-electron chi connectivity index (χ1n) is 7.93. The lowest BCUT2D eigenvalue weighted by molar-refractivity contribution is -0.143. The van der Waals surface area contributed by atoms with Crippen LogP contribution in [-0.2, 0) is 9.57 Å². The number of carbonyl (C=O) groups is 1. The zero-order chi connectivity index (χ0) is 17.9. The number of ether oxygens (including phenoxy) is 1. The molecule has 0 aromatic rings. The third-order valence-electron chi connectivity index (χ3n) is 2.80. The predicted molar refractivity (Wildman–Crippen MR) is 93.0 cm³/mol. The molecule has 132 valence electrons. The Morgan fingerprint density at radius 3 is 2.57 bits per heavy atom. The topological polar surface area (TPSA) is 63.2 Å². The van der Waals surface area contributed by atoms with Crippen molar-refractivity contribution in [3.05, 3.63) is 0 Å². The van der Waals surface area contributed by atoms with Gasteiger partial charge in [0.1, 0.15) is 5.60 Å². The molecule has 0 fully saturated rings. The fourth-order valence-corrected chi connectivity index (χ4v) is 1.87. The Bertz CT molecular complexity index is 444. The Morgan fingerprint density at radius 2 is 2.04 bits per heavy atom. The number of unbranched alkanes of at least 4 members (excludes halogenated alkanes) is 1. The molecule has 0 aromatic carbocycles. The highest BCUT2D eigenvalue weighted by atomic mass is 16.7. The third-order valence-corrected chi connectivity index (χ3v) is 2.80. The van der Waals surface area contributed by atoms with Crippen molar-refractivity contribution in [3.8, 4) is 11.8 Å². The number of nitrogens with zero attached hydrogens (tertiary/aromatic N) is 2. The molecule has 0 saturated carbocycles. The number of hydroxylamine groups is 2. The number of hydrazone groups is 1. The summed E-state index contributed by atoms with van der Waals surface area (Å²) >= 11 is 0. The zero-order valence-electron chi connectivity index (χ0n) is 15.5. The molecule has 0 unspecified atom stereocenters. The maximum Gasteiger partial charge on any atom is 0.434 e. The molecule has 1 amide bonds. The Labute approximate surface area is 140 Å². The summed E-state index contributed by atoms with van der Waals surface area (Å²) in [5.74, 6) is 5.87. The summed E-state index contributed by atoms with van der Waals surface area (Å²) in [7, 11) is 1.46. The van der Waals surface area contributed by atoms with Crippen molar-refractivity contribution in [3.63, 3.8) is 0 Å². The molecule has 1 atom stereocenters. The van der Waals surface area contributed by atoms with E-state index >= 15 is 0 Å². The minimum atomic E-state index is -0.556. The molecule has 0 bridgehead atoms. The van der Waals surface area contributed by atoms with Crippen molar-refractivity contribution in [1.29, 1.82) is 0 Å². The van der Waals surface area contributed by atoms with Crippen LogP contribution in [0.5, 0.6) is 0 Å². The van der Waals surface area contributed by atoms with Crippen LogP contribution in [0.15, 0.2) is 5.10 Å². The minimum absolute atomic E-state index is 0.175. The molecule has 0 aliphatic carbocycles. The van der Waals surface area contributed by atoms with Crippen LogP contribution in [0.4, 0.5) is 4.79 Å². The molecule has 1 N–H and O–H groups in total. The number of rotatable bonds is 8. The highest BCUT2D eigenvalue weighted by molar-refractivity contribution is 5.82. The largest absolute Gasteiger partial charge is 0.442 e. The quantitative estimate of drug-likeness (QED) is 0.322. The van der Waals surface area contributed by atoms with E-state index in [4.69, 9.17) is 9.57 Å². The number of hydrogen-bond donors (Lipinski definition) is 1. The number of carbonyl (C=O) groups excluding carboxylic acids is 1. The summed E-state index contributed by atoms with van der Waals surface area (Å²) in [6.45, 7) is 11.9. The first-order valence-corrected chi connectivity index (χ1v) is 7.93. The van der Waals surface area contributed by atoms with Gasteiger partial charge in [0, 0.05) is 25.1 Å². The third kappa shape index (κ3) is 10.6. The molecule has 0 aliphatic heterocycles. The first-order chi connectivity index (χ1) is 10.7. The van der Waals surface area contributed by atoms with Gasteiger partial charge in [-0.3, -0.25) is 4.84 Å². The van der Waals surface area contributed by atoms with Crippen molar-refractivity contribution in [2.24, 2.45) is 5.10 Å². The van der Waals surface area contributed by atoms with Crippen LogP contribution in [0.2, 0.25) is 0 Å². The van der Waals surface area contributed by atoms with Crippen LogP contribution in [0.25, 0.3) is 0 Å². The maximum absolute atomic E-state index is 12.1. The second-order valence-electron chi connectivity index (χ2n) is 6.33. The van der Waals surface area contributed by atoms with E-state index in [1.807, 2.05) is 41.5 Å². The Morgan fingerprint density at radius 1 is 1.39 bits per heavy atom. The van der Waals surface area contributed by atoms with Crippen LogP contribution < -0.4 is 5.43 Å². The summed E-state index contributed by atoms with van der Waals surface area (Å²) in [6.07, 6.45) is 1.92. The monoisotopic (exact) mass is 325 g/mol. The number of hydrogen-bond acceptors (Lipinski definition) is 5. The molecule has 6 heteroatoms. The van der Waals surface area contributed by atoms with Crippen LogP contribution >= 0.6 is 0 Å². The summed E-state index contributed by atoms with van der Waals surface area (Å²) in [6, 6.07) is -0.175. The van der Waals surface area contributed by atoms with Gasteiger partial charge in [-0.1, -0.05) is 0 Å². The highest BCUT2D eigenvalue weighted by Gasteiger charge is 2.26. The van der Waals surface area contributed by atoms with Gasteiger partial charge in [-0.25, -0.2) is 4.79 Å². The lowest BCUT2D eigenvalue weighted by Gasteiger charge is -2.29. The fraction of sp³-hybridized carbons (Fsp3) is 0.765. The minimum Gasteiger partial charge on any atom is -0.442 e. The Kier molecular flexibility index (Phi) is 10.1. The van der Waals surface area contributed by atoms with Gasteiger partial charge in [0.05, 0.1) is 13.2 Å². The average molecular weight is 325 g/mol. The average Bonchev–Trinajstić information content (AvgIpc) is 2.41. The van der Waals surface area contributed by atoms with Gasteiger partial charge in [-0.2, -0.15) is 10.2 Å². The van der Waals surface area contributed by atoms with Gasteiger partial charge in [-0.05, 0) is 48.0 Å². The molecular formula is C17H31N3O3. The van der Waals surface area contributed by atoms with Gasteiger partial charge >= 0.3 is 6.09 Å². The van der Waals surface area contributed by atoms with E-state index in [-0.39, 0.29) is 6.04 Å². The zero-order valence-corrected chi connectivity index (χ0v) is 15.5. The van der Waals surface area contributed by atoms with E-state index < -0.39 is 11.7 Å². The van der Waals surface area contributed by atoms with Crippen molar-refractivity contribution < 1.29 is 14.4 Å². The molecule has 0 aliphatic rings. The molecular weight excluding hydrogens is 294 g/mol. The van der Waals surface area contributed by atoms with E-state index in [2.05, 4.69) is 22.4 Å². The normalized spacial score (nSPS) is 12.9. The predicted octanol–water partition coefficient (Wildman–Crippen LogP) is 3.33. The van der Waals surface area contributed by atoms with Gasteiger partial charge in [-0.15, -0.1) is 11.8 Å². The molecule has 0 spiro atoms. The summed E-state index contributed by atoms with van der Waals surface area (Å²) in [5, 5.41) is 5.53. The standard InChI is InChI=1S/C17H31N3O3/c1-8-9-10-11-12-18-19-14(2)13-15(3)20(22-7)16(21)23-17(4,5)6/h15,18H,10-13H2,1-7H3/b19-14+/t15-/m1/s1. The van der Waals surface area contributed by atoms with E-state index in [0.29, 0.717) is 6.42 Å². The van der Waals surface area contributed by atoms with Crippen LogP contribution in [0.1, 0.15) is 60.8 Å². The van der Waals surface area contributed by atoms with E-state index in [9.17, 15) is 4.79 Å². The lowest BCUT2D eigenvalue weighted by atomic mass is 10.1. The SMILES string of the molecule is CC#CCCCN/N=C(\C)C[C@@H](C)N(OC)C(=O)OC(C)(C)C. The Balaban J connectivity index is 4.36. The molecule has 23 heavy (non-hydrogen) atoms. The molecule has 0 aromatic heterocycles. The van der Waals surface area contributed by atoms with Crippen molar-refractivity contribution in [2.45, 2.75) is 72.4 Å². The second kappa shape index (κ2) is 10.9. The van der Waals surface area contributed by atoms with Gasteiger partial charge in [0.2, 0.25) is 0 Å². The van der Waals surface area contributed by atoms with E-state index in [0.717, 1.165) is 25.1 Å². The Hall–Kier alpha value is -1.74. The van der Waals surface area contributed by atoms with Gasteiger partial charge in [0.15, 0.2) is 0 Å². The number of nitrogens with one attached hydrogen (secondary N) is 1. The van der Waals surface area contributed by atoms with Crippen molar-refractivity contribution in [1.82, 2.24) is 10.5 Å². The fourth-order valence-electron chi connectivity index (χ4n) is 1.87. The summed E-state index contributed by atoms with van der Waals surface area (Å²) in [4.78, 5) is 17.2. The van der Waals surface area contributed by atoms with E-state index in [1.165, 1.54) is 12.2 Å². The maximum atomic E-state index is 12.1. The van der Waals surface area contributed by atoms with Crippen LogP contribution in [0, 0.1) is 11.8 Å². The smallest absolute Gasteiger partial charge is 0.434 e. The van der Waals surface area contributed by atoms with Crippen molar-refractivity contribution >= 4 is 11.8 Å². The second-order valence-corrected chi connectivity index (χ2v) is 6.33. The molecule has 0 rings (SSSR count). The molecule has 0 radical (unpaired) electrons. The first kappa shape index (κ1) is 21.3. The summed E-state index contributed by atoms with van der Waals surface area (Å²) < 4.78 is 5.32. The van der Waals surface area contributed by atoms with E-state index in [1.54, 1.807) is 0 Å². The van der Waals surface area contributed by atoms with Gasteiger partial charge < -0.3 is 10.2 Å². The molecule has 0 heterocycles. The molecule has 6 nitrogen and oxygen atoms in total. The highest BCUT2D eigenvalue weighted by Crippen LogP contribution is 2.13. The van der Waals surface area contributed by atoms with Crippen LogP contribution in [0.3, 0.4) is 0 Å². The van der Waals surface area contributed by atoms with Crippen molar-refractivity contribution in [2.75, 3.05) is 13.7 Å².